The van der Waals surface area contributed by atoms with Crippen LogP contribution in [-0.4, -0.2) is 28.2 Å². The summed E-state index contributed by atoms with van der Waals surface area (Å²) >= 11 is 1.69. The fourth-order valence-corrected chi connectivity index (χ4v) is 4.82. The van der Waals surface area contributed by atoms with Crippen molar-refractivity contribution in [1.29, 1.82) is 0 Å². The number of rotatable bonds is 3. The third kappa shape index (κ3) is 4.94. The van der Waals surface area contributed by atoms with Crippen molar-refractivity contribution in [2.75, 3.05) is 12.4 Å². The van der Waals surface area contributed by atoms with Crippen LogP contribution in [0.25, 0.3) is 0 Å². The molecule has 2 aliphatic rings. The first-order valence-electron chi connectivity index (χ1n) is 10.4. The van der Waals surface area contributed by atoms with Gasteiger partial charge in [-0.15, -0.1) is 11.8 Å². The molecule has 1 saturated heterocycles. The van der Waals surface area contributed by atoms with Crippen molar-refractivity contribution in [1.82, 2.24) is 4.74 Å². The van der Waals surface area contributed by atoms with Crippen LogP contribution in [0.5, 0.6) is 0 Å². The largest absolute Gasteiger partial charge is 0.386 e. The highest BCUT2D eigenvalue weighted by Gasteiger charge is 2.49. The van der Waals surface area contributed by atoms with E-state index in [0.29, 0.717) is 18.7 Å². The van der Waals surface area contributed by atoms with Gasteiger partial charge in [-0.2, -0.15) is 0 Å². The number of hydrogen-bond acceptors (Lipinski definition) is 4. The van der Waals surface area contributed by atoms with Crippen LogP contribution in [-0.2, 0) is 16.8 Å². The number of fused-ring (bicyclic) bond motifs is 1. The van der Waals surface area contributed by atoms with E-state index in [1.165, 1.54) is 12.1 Å². The Morgan fingerprint density at radius 1 is 1.21 bits per heavy atom. The fraction of sp³-hybridized carbons (Fsp3) is 0.591. The predicted octanol–water partition coefficient (Wildman–Crippen LogP) is 6.19. The second-order valence-electron chi connectivity index (χ2n) is 6.78. The van der Waals surface area contributed by atoms with Gasteiger partial charge in [-0.1, -0.05) is 33.8 Å². The van der Waals surface area contributed by atoms with Crippen molar-refractivity contribution >= 4 is 16.8 Å². The molecule has 3 heterocycles. The average Bonchev–Trinajstić information content (AvgIpc) is 2.73. The van der Waals surface area contributed by atoms with Crippen LogP contribution < -0.4 is 0 Å². The van der Waals surface area contributed by atoms with E-state index in [4.69, 9.17) is 14.3 Å². The lowest BCUT2D eigenvalue weighted by Crippen LogP contribution is -2.50. The first-order valence-corrected chi connectivity index (χ1v) is 11.3. The van der Waals surface area contributed by atoms with Crippen LogP contribution in [0, 0.1) is 24.5 Å². The quantitative estimate of drug-likeness (QED) is 0.588. The van der Waals surface area contributed by atoms with E-state index < -0.39 is 17.2 Å². The summed E-state index contributed by atoms with van der Waals surface area (Å²) in [5.74, 6) is -0.153. The molecule has 4 nitrogen and oxygen atoms in total. The standard InChI is InChI=1S/C18H20F2N2O2S.2C2H6/c1-11-8-24-22(11)7-15-5-13-9-25-12(2)21-18(13,10-23-15)16-4-3-14(19)6-17(16)20;2*1-2/h3-4,6,8,13,15H,5,7,9-10H2,1-2H3;2*1-2H3/t13-,15+,18-;;/m0../s1. The summed E-state index contributed by atoms with van der Waals surface area (Å²) in [5.41, 5.74) is 0.717. The lowest BCUT2D eigenvalue weighted by molar-refractivity contribution is -0.0744. The number of halogens is 2. The van der Waals surface area contributed by atoms with Crippen LogP contribution in [0.3, 0.4) is 0 Å². The lowest BCUT2D eigenvalue weighted by Gasteiger charge is -2.46. The van der Waals surface area contributed by atoms with Crippen LogP contribution in [0.2, 0.25) is 0 Å². The minimum absolute atomic E-state index is 0.000472. The van der Waals surface area contributed by atoms with E-state index in [0.717, 1.165) is 29.0 Å². The zero-order valence-corrected chi connectivity index (χ0v) is 19.0. The second-order valence-corrected chi connectivity index (χ2v) is 7.99. The lowest BCUT2D eigenvalue weighted by atomic mass is 9.75. The second kappa shape index (κ2) is 10.4. The Bertz CT molecular complexity index is 818. The maximum atomic E-state index is 14.5. The summed E-state index contributed by atoms with van der Waals surface area (Å²) in [5, 5.41) is 0.909. The van der Waals surface area contributed by atoms with E-state index in [2.05, 4.69) is 0 Å². The number of aromatic nitrogens is 1. The molecule has 2 aromatic rings. The number of benzene rings is 1. The topological polar surface area (TPSA) is 39.7 Å². The van der Waals surface area contributed by atoms with Gasteiger partial charge in [0.1, 0.15) is 23.4 Å². The Hall–Kier alpha value is -1.60. The highest BCUT2D eigenvalue weighted by Crippen LogP contribution is 2.47. The van der Waals surface area contributed by atoms with Gasteiger partial charge in [-0.3, -0.25) is 4.99 Å². The van der Waals surface area contributed by atoms with Crippen molar-refractivity contribution < 1.29 is 18.0 Å². The number of hydrogen-bond donors (Lipinski definition) is 0. The van der Waals surface area contributed by atoms with Crippen molar-refractivity contribution in [2.45, 2.75) is 66.2 Å². The van der Waals surface area contributed by atoms with Gasteiger partial charge in [0.15, 0.2) is 0 Å². The first-order chi connectivity index (χ1) is 14.0. The maximum absolute atomic E-state index is 14.5. The van der Waals surface area contributed by atoms with E-state index in [-0.39, 0.29) is 12.0 Å². The summed E-state index contributed by atoms with van der Waals surface area (Å²) < 4.78 is 41.1. The highest BCUT2D eigenvalue weighted by molar-refractivity contribution is 8.13. The van der Waals surface area contributed by atoms with Crippen molar-refractivity contribution in [2.24, 2.45) is 10.9 Å². The van der Waals surface area contributed by atoms with Crippen molar-refractivity contribution in [3.63, 3.8) is 0 Å². The molecule has 4 rings (SSSR count). The van der Waals surface area contributed by atoms with E-state index in [9.17, 15) is 8.78 Å². The van der Waals surface area contributed by atoms with Gasteiger partial charge in [-0.25, -0.2) is 13.5 Å². The summed E-state index contributed by atoms with van der Waals surface area (Å²) in [7, 11) is 0. The minimum atomic E-state index is -0.774. The van der Waals surface area contributed by atoms with E-state index in [1.807, 2.05) is 41.5 Å². The zero-order valence-electron chi connectivity index (χ0n) is 18.2. The summed E-state index contributed by atoms with van der Waals surface area (Å²) in [4.78, 5) is 4.80. The summed E-state index contributed by atoms with van der Waals surface area (Å²) in [6.45, 7) is 12.8. The first kappa shape index (κ1) is 23.7. The molecule has 0 aliphatic carbocycles. The molecule has 3 atom stereocenters. The van der Waals surface area contributed by atoms with Crippen LogP contribution in [0.4, 0.5) is 8.78 Å². The van der Waals surface area contributed by atoms with Gasteiger partial charge in [0, 0.05) is 23.3 Å². The van der Waals surface area contributed by atoms with Crippen LogP contribution >= 0.6 is 11.8 Å². The third-order valence-electron chi connectivity index (χ3n) is 5.12. The molecule has 2 aliphatic heterocycles. The Balaban J connectivity index is 0.000000707. The normalized spacial score (nSPS) is 25.7. The Labute approximate surface area is 176 Å². The van der Waals surface area contributed by atoms with Crippen LogP contribution in [0.15, 0.2) is 34.0 Å². The SMILES string of the molecule is CC.CC.CC1=N[C@@]2(c3ccc(F)cc3F)CO[C@@H](Cn3occ3C)C[C@H]2CS1. The number of thioether (sulfide) groups is 1. The van der Waals surface area contributed by atoms with Gasteiger partial charge in [0.2, 0.25) is 0 Å². The van der Waals surface area contributed by atoms with Crippen molar-refractivity contribution in [3.8, 4) is 0 Å². The van der Waals surface area contributed by atoms with Crippen molar-refractivity contribution in [3.05, 3.63) is 47.4 Å². The molecule has 0 bridgehead atoms. The van der Waals surface area contributed by atoms with Gasteiger partial charge in [0.05, 0.1) is 30.0 Å². The Kier molecular flexibility index (Phi) is 8.52. The molecule has 0 radical (unpaired) electrons. The zero-order chi connectivity index (χ0) is 21.6. The minimum Gasteiger partial charge on any atom is -0.386 e. The Morgan fingerprint density at radius 3 is 2.52 bits per heavy atom. The van der Waals surface area contributed by atoms with Crippen LogP contribution in [0.1, 0.15) is 52.3 Å². The number of aliphatic imine (C=N–C) groups is 1. The summed E-state index contributed by atoms with van der Waals surface area (Å²) in [6, 6.07) is 3.74. The van der Waals surface area contributed by atoms with Gasteiger partial charge in [0.25, 0.3) is 0 Å². The molecule has 1 aromatic heterocycles. The molecular weight excluding hydrogens is 394 g/mol. The van der Waals surface area contributed by atoms with Gasteiger partial charge >= 0.3 is 0 Å². The fourth-order valence-electron chi connectivity index (χ4n) is 3.74. The highest BCUT2D eigenvalue weighted by atomic mass is 32.2. The molecule has 162 valence electrons. The number of aryl methyl sites for hydroxylation is 1. The van der Waals surface area contributed by atoms with E-state index in [1.54, 1.807) is 22.8 Å². The number of nitrogens with zero attached hydrogens (tertiary/aromatic N) is 2. The van der Waals surface area contributed by atoms with Gasteiger partial charge in [-0.05, 0) is 26.3 Å². The molecule has 0 unspecified atom stereocenters. The average molecular weight is 427 g/mol. The molecule has 0 saturated carbocycles. The van der Waals surface area contributed by atoms with Gasteiger partial charge < -0.3 is 9.26 Å². The monoisotopic (exact) mass is 426 g/mol. The molecular formula is C22H32F2N2O2S. The molecule has 0 amide bonds. The molecule has 0 spiro atoms. The predicted molar refractivity (Wildman–Crippen MR) is 116 cm³/mol. The third-order valence-corrected chi connectivity index (χ3v) is 6.20. The molecule has 1 aromatic carbocycles. The smallest absolute Gasteiger partial charge is 0.141 e. The summed E-state index contributed by atoms with van der Waals surface area (Å²) in [6.07, 6.45) is 2.46. The maximum Gasteiger partial charge on any atom is 0.141 e. The van der Waals surface area contributed by atoms with E-state index >= 15 is 0 Å². The molecule has 7 heteroatoms. The molecule has 0 N–H and O–H groups in total. The molecule has 1 fully saturated rings. The number of ether oxygens (including phenoxy) is 1. The Morgan fingerprint density at radius 2 is 1.93 bits per heavy atom. The molecule has 29 heavy (non-hydrogen) atoms.